The van der Waals surface area contributed by atoms with E-state index in [2.05, 4.69) is 25.4 Å². The zero-order chi connectivity index (χ0) is 16.4. The standard InChI is InChI=1S/C17H18N6O/c24-17(13-5-3-12(4-6-13)15-7-8-19-21-15)23-9-1-2-14(10-23)16-18-11-20-22-16/h3-8,11,14H,1-2,9-10H2,(H,19,21)(H,18,20,22). The number of amides is 1. The van der Waals surface area contributed by atoms with Crippen LogP contribution in [0.3, 0.4) is 0 Å². The van der Waals surface area contributed by atoms with Crippen LogP contribution in [0.5, 0.6) is 0 Å². The molecule has 7 nitrogen and oxygen atoms in total. The van der Waals surface area contributed by atoms with Gasteiger partial charge in [0.15, 0.2) is 0 Å². The van der Waals surface area contributed by atoms with Crippen molar-refractivity contribution in [2.24, 2.45) is 0 Å². The number of piperidine rings is 1. The van der Waals surface area contributed by atoms with Crippen molar-refractivity contribution in [1.82, 2.24) is 30.3 Å². The highest BCUT2D eigenvalue weighted by Crippen LogP contribution is 2.25. The molecule has 1 fully saturated rings. The molecule has 0 radical (unpaired) electrons. The molecule has 0 bridgehead atoms. The minimum Gasteiger partial charge on any atom is -0.338 e. The highest BCUT2D eigenvalue weighted by atomic mass is 16.2. The first kappa shape index (κ1) is 14.6. The average molecular weight is 322 g/mol. The lowest BCUT2D eigenvalue weighted by Crippen LogP contribution is -2.39. The van der Waals surface area contributed by atoms with E-state index in [9.17, 15) is 4.79 Å². The number of likely N-dealkylation sites (tertiary alicyclic amines) is 1. The Bertz CT molecular complexity index is 794. The van der Waals surface area contributed by atoms with E-state index in [1.54, 1.807) is 6.20 Å². The first-order valence-electron chi connectivity index (χ1n) is 8.05. The maximum absolute atomic E-state index is 12.8. The lowest BCUT2D eigenvalue weighted by molar-refractivity contribution is 0.0704. The molecule has 24 heavy (non-hydrogen) atoms. The minimum atomic E-state index is 0.0652. The summed E-state index contributed by atoms with van der Waals surface area (Å²) < 4.78 is 0. The number of carbonyl (C=O) groups excluding carboxylic acids is 1. The summed E-state index contributed by atoms with van der Waals surface area (Å²) in [5.41, 5.74) is 2.66. The summed E-state index contributed by atoms with van der Waals surface area (Å²) in [7, 11) is 0. The molecule has 7 heteroatoms. The lowest BCUT2D eigenvalue weighted by Gasteiger charge is -2.31. The largest absolute Gasteiger partial charge is 0.338 e. The van der Waals surface area contributed by atoms with E-state index >= 15 is 0 Å². The van der Waals surface area contributed by atoms with Gasteiger partial charge >= 0.3 is 0 Å². The normalized spacial score (nSPS) is 17.8. The van der Waals surface area contributed by atoms with Gasteiger partial charge in [0, 0.05) is 30.8 Å². The van der Waals surface area contributed by atoms with E-state index in [1.165, 1.54) is 6.33 Å². The Labute approximate surface area is 139 Å². The predicted molar refractivity (Wildman–Crippen MR) is 88.3 cm³/mol. The van der Waals surface area contributed by atoms with Crippen molar-refractivity contribution in [3.63, 3.8) is 0 Å². The van der Waals surface area contributed by atoms with E-state index in [0.29, 0.717) is 12.1 Å². The maximum Gasteiger partial charge on any atom is 0.253 e. The monoisotopic (exact) mass is 322 g/mol. The van der Waals surface area contributed by atoms with Crippen molar-refractivity contribution < 1.29 is 4.79 Å². The van der Waals surface area contributed by atoms with Crippen LogP contribution in [0.25, 0.3) is 11.3 Å². The summed E-state index contributed by atoms with van der Waals surface area (Å²) in [6.45, 7) is 1.46. The van der Waals surface area contributed by atoms with Gasteiger partial charge in [0.05, 0.1) is 5.69 Å². The van der Waals surface area contributed by atoms with Crippen LogP contribution in [-0.2, 0) is 0 Å². The van der Waals surface area contributed by atoms with Gasteiger partial charge in [0.1, 0.15) is 12.2 Å². The number of nitrogens with zero attached hydrogens (tertiary/aromatic N) is 4. The Morgan fingerprint density at radius 1 is 1.12 bits per heavy atom. The molecule has 1 atom stereocenters. The van der Waals surface area contributed by atoms with Crippen LogP contribution >= 0.6 is 0 Å². The second kappa shape index (κ2) is 6.27. The van der Waals surface area contributed by atoms with E-state index in [4.69, 9.17) is 0 Å². The number of hydrogen-bond donors (Lipinski definition) is 2. The summed E-state index contributed by atoms with van der Waals surface area (Å²) in [6.07, 6.45) is 5.23. The number of H-pyrrole nitrogens is 2. The first-order valence-corrected chi connectivity index (χ1v) is 8.05. The number of carbonyl (C=O) groups is 1. The highest BCUT2D eigenvalue weighted by Gasteiger charge is 2.27. The molecule has 3 aromatic rings. The fraction of sp³-hybridized carbons (Fsp3) is 0.294. The minimum absolute atomic E-state index is 0.0652. The Kier molecular flexibility index (Phi) is 3.82. The number of hydrogen-bond acceptors (Lipinski definition) is 4. The van der Waals surface area contributed by atoms with Gasteiger partial charge in [-0.1, -0.05) is 12.1 Å². The zero-order valence-corrected chi connectivity index (χ0v) is 13.1. The Morgan fingerprint density at radius 3 is 2.71 bits per heavy atom. The summed E-state index contributed by atoms with van der Waals surface area (Å²) in [5, 5.41) is 13.7. The molecule has 1 aliphatic heterocycles. The molecular weight excluding hydrogens is 304 g/mol. The van der Waals surface area contributed by atoms with E-state index in [1.807, 2.05) is 35.2 Å². The smallest absolute Gasteiger partial charge is 0.253 e. The summed E-state index contributed by atoms with van der Waals surface area (Å²) in [6, 6.07) is 9.54. The molecule has 1 saturated heterocycles. The Hall–Kier alpha value is -2.96. The van der Waals surface area contributed by atoms with Gasteiger partial charge < -0.3 is 4.90 Å². The molecule has 122 valence electrons. The second-order valence-corrected chi connectivity index (χ2v) is 6.01. The molecule has 2 N–H and O–H groups in total. The molecule has 0 saturated carbocycles. The number of aromatic nitrogens is 5. The Balaban J connectivity index is 1.49. The van der Waals surface area contributed by atoms with Gasteiger partial charge in [-0.3, -0.25) is 15.0 Å². The summed E-state index contributed by atoms with van der Waals surface area (Å²) >= 11 is 0. The third kappa shape index (κ3) is 2.80. The van der Waals surface area contributed by atoms with E-state index in [0.717, 1.165) is 36.5 Å². The van der Waals surface area contributed by atoms with Crippen LogP contribution in [0.1, 0.15) is 34.9 Å². The third-order valence-corrected chi connectivity index (χ3v) is 4.47. The van der Waals surface area contributed by atoms with E-state index < -0.39 is 0 Å². The molecule has 0 spiro atoms. The number of rotatable bonds is 3. The predicted octanol–water partition coefficient (Wildman–Crippen LogP) is 2.21. The molecule has 3 heterocycles. The topological polar surface area (TPSA) is 90.6 Å². The zero-order valence-electron chi connectivity index (χ0n) is 13.1. The summed E-state index contributed by atoms with van der Waals surface area (Å²) in [4.78, 5) is 18.9. The van der Waals surface area contributed by atoms with Gasteiger partial charge in [-0.25, -0.2) is 4.98 Å². The molecule has 1 amide bonds. The molecule has 1 aliphatic rings. The van der Waals surface area contributed by atoms with E-state index in [-0.39, 0.29) is 11.8 Å². The highest BCUT2D eigenvalue weighted by molar-refractivity contribution is 5.94. The lowest BCUT2D eigenvalue weighted by atomic mass is 9.96. The van der Waals surface area contributed by atoms with Gasteiger partial charge in [0.2, 0.25) is 0 Å². The van der Waals surface area contributed by atoms with Gasteiger partial charge in [-0.2, -0.15) is 10.2 Å². The van der Waals surface area contributed by atoms with Crippen molar-refractivity contribution in [3.8, 4) is 11.3 Å². The molecular formula is C17H18N6O. The van der Waals surface area contributed by atoms with Crippen molar-refractivity contribution in [2.75, 3.05) is 13.1 Å². The van der Waals surface area contributed by atoms with Crippen LogP contribution in [0.4, 0.5) is 0 Å². The maximum atomic E-state index is 12.8. The number of aromatic amines is 2. The number of benzene rings is 1. The molecule has 1 aromatic carbocycles. The molecule has 0 aliphatic carbocycles. The number of nitrogens with one attached hydrogen (secondary N) is 2. The first-order chi connectivity index (χ1) is 11.8. The van der Waals surface area contributed by atoms with Gasteiger partial charge in [-0.05, 0) is 36.6 Å². The van der Waals surface area contributed by atoms with Crippen LogP contribution < -0.4 is 0 Å². The van der Waals surface area contributed by atoms with Crippen molar-refractivity contribution >= 4 is 5.91 Å². The third-order valence-electron chi connectivity index (χ3n) is 4.47. The molecule has 1 unspecified atom stereocenters. The van der Waals surface area contributed by atoms with Crippen molar-refractivity contribution in [2.45, 2.75) is 18.8 Å². The van der Waals surface area contributed by atoms with Crippen molar-refractivity contribution in [3.05, 3.63) is 54.2 Å². The quantitative estimate of drug-likeness (QED) is 0.773. The fourth-order valence-electron chi connectivity index (χ4n) is 3.19. The van der Waals surface area contributed by atoms with Crippen LogP contribution in [0.15, 0.2) is 42.9 Å². The average Bonchev–Trinajstić information content (AvgIpc) is 3.35. The molecule has 2 aromatic heterocycles. The SMILES string of the molecule is O=C(c1ccc(-c2ccn[nH]2)cc1)N1CCCC(c2ncn[nH]2)C1. The fourth-order valence-corrected chi connectivity index (χ4v) is 3.19. The van der Waals surface area contributed by atoms with Gasteiger partial charge in [0.25, 0.3) is 5.91 Å². The van der Waals surface area contributed by atoms with Crippen molar-refractivity contribution in [1.29, 1.82) is 0 Å². The molecule has 4 rings (SSSR count). The summed E-state index contributed by atoms with van der Waals surface area (Å²) in [5.74, 6) is 1.16. The Morgan fingerprint density at radius 2 is 2.00 bits per heavy atom. The van der Waals surface area contributed by atoms with Crippen LogP contribution in [0, 0.1) is 0 Å². The van der Waals surface area contributed by atoms with Crippen LogP contribution in [-0.4, -0.2) is 49.3 Å². The van der Waals surface area contributed by atoms with Gasteiger partial charge in [-0.15, -0.1) is 0 Å². The second-order valence-electron chi connectivity index (χ2n) is 6.01. The van der Waals surface area contributed by atoms with Crippen LogP contribution in [0.2, 0.25) is 0 Å².